The lowest BCUT2D eigenvalue weighted by Gasteiger charge is -2.11. The van der Waals surface area contributed by atoms with Crippen molar-refractivity contribution < 1.29 is 14.7 Å². The third-order valence-corrected chi connectivity index (χ3v) is 3.86. The lowest BCUT2D eigenvalue weighted by Crippen LogP contribution is -2.19. The Balaban J connectivity index is 2.18. The molecule has 0 bridgehead atoms. The van der Waals surface area contributed by atoms with Crippen molar-refractivity contribution in [2.24, 2.45) is 0 Å². The first kappa shape index (κ1) is 14.2. The number of carbonyl (C=O) groups excluding carboxylic acids is 1. The standard InChI is InChI=1S/C14H14N2O3S/c1-8(10-6-4-3-5-7-10)12(17)15-13-11(14(18)19)9(2)16-20-13/h3-8H,1-2H3,(H,15,17)(H,18,19). The van der Waals surface area contributed by atoms with Gasteiger partial charge in [0, 0.05) is 0 Å². The zero-order valence-corrected chi connectivity index (χ0v) is 11.9. The molecule has 0 aliphatic heterocycles. The van der Waals surface area contributed by atoms with Gasteiger partial charge in [0.15, 0.2) is 0 Å². The lowest BCUT2D eigenvalue weighted by molar-refractivity contribution is -0.117. The molecule has 1 heterocycles. The van der Waals surface area contributed by atoms with E-state index in [1.165, 1.54) is 0 Å². The number of amides is 1. The third kappa shape index (κ3) is 2.85. The predicted molar refractivity (Wildman–Crippen MR) is 77.3 cm³/mol. The molecule has 1 unspecified atom stereocenters. The lowest BCUT2D eigenvalue weighted by atomic mass is 10.0. The zero-order valence-electron chi connectivity index (χ0n) is 11.1. The zero-order chi connectivity index (χ0) is 14.7. The molecule has 2 aromatic rings. The molecule has 6 heteroatoms. The maximum absolute atomic E-state index is 12.2. The van der Waals surface area contributed by atoms with E-state index in [1.54, 1.807) is 13.8 Å². The van der Waals surface area contributed by atoms with Gasteiger partial charge in [0.25, 0.3) is 0 Å². The summed E-state index contributed by atoms with van der Waals surface area (Å²) in [5.41, 5.74) is 1.34. The van der Waals surface area contributed by atoms with Gasteiger partial charge in [0.05, 0.1) is 11.6 Å². The summed E-state index contributed by atoms with van der Waals surface area (Å²) in [4.78, 5) is 23.3. The number of aryl methyl sites for hydroxylation is 1. The molecule has 0 saturated carbocycles. The predicted octanol–water partition coefficient (Wildman–Crippen LogP) is 2.89. The Morgan fingerprint density at radius 3 is 2.55 bits per heavy atom. The highest BCUT2D eigenvalue weighted by Gasteiger charge is 2.22. The molecule has 0 aliphatic carbocycles. The average Bonchev–Trinajstić information content (AvgIpc) is 2.79. The van der Waals surface area contributed by atoms with Crippen molar-refractivity contribution in [2.75, 3.05) is 5.32 Å². The number of hydrogen-bond donors (Lipinski definition) is 2. The molecule has 20 heavy (non-hydrogen) atoms. The van der Waals surface area contributed by atoms with E-state index in [2.05, 4.69) is 9.69 Å². The highest BCUT2D eigenvalue weighted by molar-refractivity contribution is 7.11. The Morgan fingerprint density at radius 1 is 1.30 bits per heavy atom. The largest absolute Gasteiger partial charge is 0.478 e. The summed E-state index contributed by atoms with van der Waals surface area (Å²) in [5, 5.41) is 12.0. The van der Waals surface area contributed by atoms with Gasteiger partial charge in [-0.1, -0.05) is 30.3 Å². The van der Waals surface area contributed by atoms with Crippen LogP contribution in [0.1, 0.15) is 34.5 Å². The summed E-state index contributed by atoms with van der Waals surface area (Å²) in [6, 6.07) is 9.32. The minimum absolute atomic E-state index is 0.0589. The van der Waals surface area contributed by atoms with Crippen molar-refractivity contribution in [2.45, 2.75) is 19.8 Å². The van der Waals surface area contributed by atoms with Gasteiger partial charge in [0.1, 0.15) is 10.6 Å². The van der Waals surface area contributed by atoms with E-state index >= 15 is 0 Å². The van der Waals surface area contributed by atoms with Crippen molar-refractivity contribution in [1.29, 1.82) is 0 Å². The van der Waals surface area contributed by atoms with E-state index in [0.29, 0.717) is 5.69 Å². The molecule has 5 nitrogen and oxygen atoms in total. The van der Waals surface area contributed by atoms with Crippen LogP contribution in [0, 0.1) is 6.92 Å². The Hall–Kier alpha value is -2.21. The molecule has 1 aromatic carbocycles. The van der Waals surface area contributed by atoms with Gasteiger partial charge in [-0.15, -0.1) is 0 Å². The number of aromatic nitrogens is 1. The van der Waals surface area contributed by atoms with Crippen LogP contribution in [0.25, 0.3) is 0 Å². The molecule has 1 aromatic heterocycles. The quantitative estimate of drug-likeness (QED) is 0.907. The number of carboxylic acids is 1. The topological polar surface area (TPSA) is 79.3 Å². The molecular weight excluding hydrogens is 276 g/mol. The van der Waals surface area contributed by atoms with Crippen molar-refractivity contribution in [3.05, 3.63) is 47.2 Å². The van der Waals surface area contributed by atoms with Crippen molar-refractivity contribution in [1.82, 2.24) is 4.37 Å². The van der Waals surface area contributed by atoms with Gasteiger partial charge in [-0.2, -0.15) is 4.37 Å². The Bertz CT molecular complexity index is 637. The smallest absolute Gasteiger partial charge is 0.340 e. The number of benzene rings is 1. The fourth-order valence-electron chi connectivity index (χ4n) is 1.82. The second-order valence-corrected chi connectivity index (χ2v) is 5.17. The van der Waals surface area contributed by atoms with Gasteiger partial charge in [-0.3, -0.25) is 4.79 Å². The van der Waals surface area contributed by atoms with E-state index < -0.39 is 5.97 Å². The summed E-state index contributed by atoms with van der Waals surface area (Å²) in [6.07, 6.45) is 0. The van der Waals surface area contributed by atoms with Crippen LogP contribution in [0.3, 0.4) is 0 Å². The second kappa shape index (κ2) is 5.83. The highest BCUT2D eigenvalue weighted by atomic mass is 32.1. The van der Waals surface area contributed by atoms with Gasteiger partial charge in [-0.05, 0) is 30.9 Å². The number of carboxylic acid groups (broad SMARTS) is 1. The number of nitrogens with one attached hydrogen (secondary N) is 1. The van der Waals surface area contributed by atoms with Crippen LogP contribution in [0.15, 0.2) is 30.3 Å². The van der Waals surface area contributed by atoms with Gasteiger partial charge >= 0.3 is 5.97 Å². The van der Waals surface area contributed by atoms with E-state index in [4.69, 9.17) is 5.11 Å². The molecular formula is C14H14N2O3S. The first-order valence-electron chi connectivity index (χ1n) is 6.06. The summed E-state index contributed by atoms with van der Waals surface area (Å²) >= 11 is 0.983. The summed E-state index contributed by atoms with van der Waals surface area (Å²) in [7, 11) is 0. The summed E-state index contributed by atoms with van der Waals surface area (Å²) < 4.78 is 3.97. The Morgan fingerprint density at radius 2 is 1.95 bits per heavy atom. The number of anilines is 1. The molecule has 1 atom stereocenters. The maximum atomic E-state index is 12.2. The first-order chi connectivity index (χ1) is 9.50. The monoisotopic (exact) mass is 290 g/mol. The molecule has 2 rings (SSSR count). The maximum Gasteiger partial charge on any atom is 0.340 e. The van der Waals surface area contributed by atoms with Crippen LogP contribution in [-0.4, -0.2) is 21.4 Å². The number of aromatic carboxylic acids is 1. The Labute approximate surface area is 120 Å². The van der Waals surface area contributed by atoms with E-state index in [1.807, 2.05) is 30.3 Å². The minimum atomic E-state index is -1.08. The van der Waals surface area contributed by atoms with Crippen LogP contribution >= 0.6 is 11.5 Å². The number of nitrogens with zero attached hydrogens (tertiary/aromatic N) is 1. The van der Waals surface area contributed by atoms with E-state index in [-0.39, 0.29) is 22.4 Å². The van der Waals surface area contributed by atoms with Gasteiger partial charge in [-0.25, -0.2) is 4.79 Å². The fourth-order valence-corrected chi connectivity index (χ4v) is 2.61. The molecule has 0 fully saturated rings. The van der Waals surface area contributed by atoms with Crippen LogP contribution < -0.4 is 5.32 Å². The molecule has 0 radical (unpaired) electrons. The molecule has 0 aliphatic rings. The molecule has 1 amide bonds. The molecule has 104 valence electrons. The van der Waals surface area contributed by atoms with E-state index in [9.17, 15) is 9.59 Å². The number of carbonyl (C=O) groups is 2. The summed E-state index contributed by atoms with van der Waals surface area (Å²) in [6.45, 7) is 3.38. The van der Waals surface area contributed by atoms with Crippen molar-refractivity contribution >= 4 is 28.4 Å². The Kier molecular flexibility index (Phi) is 4.14. The third-order valence-electron chi connectivity index (χ3n) is 3.01. The average molecular weight is 290 g/mol. The minimum Gasteiger partial charge on any atom is -0.478 e. The van der Waals surface area contributed by atoms with E-state index in [0.717, 1.165) is 17.1 Å². The molecule has 2 N–H and O–H groups in total. The molecule has 0 saturated heterocycles. The first-order valence-corrected chi connectivity index (χ1v) is 6.83. The highest BCUT2D eigenvalue weighted by Crippen LogP contribution is 2.26. The van der Waals surface area contributed by atoms with Crippen LogP contribution in [-0.2, 0) is 4.79 Å². The fraction of sp³-hybridized carbons (Fsp3) is 0.214. The number of hydrogen-bond acceptors (Lipinski definition) is 4. The molecule has 0 spiro atoms. The van der Waals surface area contributed by atoms with Crippen LogP contribution in [0.5, 0.6) is 0 Å². The van der Waals surface area contributed by atoms with Gasteiger partial charge < -0.3 is 10.4 Å². The van der Waals surface area contributed by atoms with Crippen LogP contribution in [0.4, 0.5) is 5.00 Å². The normalized spacial score (nSPS) is 11.9. The SMILES string of the molecule is Cc1nsc(NC(=O)C(C)c2ccccc2)c1C(=O)O. The van der Waals surface area contributed by atoms with Gasteiger partial charge in [0.2, 0.25) is 5.91 Å². The number of rotatable bonds is 4. The summed E-state index contributed by atoms with van der Waals surface area (Å²) in [5.74, 6) is -1.69. The van der Waals surface area contributed by atoms with Crippen molar-refractivity contribution in [3.63, 3.8) is 0 Å². The second-order valence-electron chi connectivity index (χ2n) is 4.40. The van der Waals surface area contributed by atoms with Crippen LogP contribution in [0.2, 0.25) is 0 Å². The van der Waals surface area contributed by atoms with Crippen molar-refractivity contribution in [3.8, 4) is 0 Å².